The molecule has 0 N–H and O–H groups in total. The van der Waals surface area contributed by atoms with Crippen molar-refractivity contribution in [1.29, 1.82) is 0 Å². The summed E-state index contributed by atoms with van der Waals surface area (Å²) in [5, 5.41) is 0. The molecule has 0 radical (unpaired) electrons. The number of nitrogens with zero attached hydrogens (tertiary/aromatic N) is 2. The summed E-state index contributed by atoms with van der Waals surface area (Å²) in [6, 6.07) is 13.9. The maximum atomic E-state index is 13.5. The molecular formula is C23H28F2N2. The molecule has 0 aliphatic carbocycles. The molecule has 2 aliphatic heterocycles. The Balaban J connectivity index is 1.58. The normalized spacial score (nSPS) is 25.1. The molecule has 0 saturated carbocycles. The number of rotatable bonds is 4. The minimum Gasteiger partial charge on any atom is -0.306 e. The lowest BCUT2D eigenvalue weighted by molar-refractivity contribution is 0.104. The molecule has 4 heteroatoms. The first-order valence-electron chi connectivity index (χ1n) is 9.96. The maximum absolute atomic E-state index is 13.5. The van der Waals surface area contributed by atoms with Gasteiger partial charge in [-0.1, -0.05) is 24.3 Å². The second-order valence-electron chi connectivity index (χ2n) is 8.46. The molecule has 27 heavy (non-hydrogen) atoms. The predicted molar refractivity (Wildman–Crippen MR) is 105 cm³/mol. The predicted octanol–water partition coefficient (Wildman–Crippen LogP) is 4.67. The molecule has 2 aromatic rings. The fourth-order valence-electron chi connectivity index (χ4n) is 5.01. The highest BCUT2D eigenvalue weighted by molar-refractivity contribution is 5.25. The zero-order chi connectivity index (χ0) is 18.9. The molecule has 0 aromatic heterocycles. The van der Waals surface area contributed by atoms with Gasteiger partial charge in [-0.3, -0.25) is 4.90 Å². The molecule has 2 heterocycles. The number of piperidine rings is 1. The summed E-state index contributed by atoms with van der Waals surface area (Å²) in [7, 11) is 2.22. The highest BCUT2D eigenvalue weighted by atomic mass is 19.1. The summed E-state index contributed by atoms with van der Waals surface area (Å²) in [6.45, 7) is 4.51. The minimum absolute atomic E-state index is 0.197. The Labute approximate surface area is 160 Å². The van der Waals surface area contributed by atoms with Gasteiger partial charge in [-0.2, -0.15) is 0 Å². The number of likely N-dealkylation sites (tertiary alicyclic amines) is 2. The van der Waals surface area contributed by atoms with Crippen LogP contribution in [0.4, 0.5) is 8.78 Å². The summed E-state index contributed by atoms with van der Waals surface area (Å²) in [4.78, 5) is 5.02. The molecule has 2 aliphatic rings. The third kappa shape index (κ3) is 4.22. The van der Waals surface area contributed by atoms with E-state index in [4.69, 9.17) is 0 Å². The fourth-order valence-corrected chi connectivity index (χ4v) is 5.01. The van der Waals surface area contributed by atoms with Crippen LogP contribution in [0.2, 0.25) is 0 Å². The van der Waals surface area contributed by atoms with Crippen LogP contribution in [0.5, 0.6) is 0 Å². The standard InChI is InChI=1S/C23H28F2N2/c1-26-13-2-11-23(16-26)12-14-27(17-23)22(19-5-9-21(25)10-6-19)15-18-3-7-20(24)8-4-18/h3-10,22H,2,11-17H2,1H3. The lowest BCUT2D eigenvalue weighted by Crippen LogP contribution is -2.43. The first-order chi connectivity index (χ1) is 13.0. The zero-order valence-electron chi connectivity index (χ0n) is 16.0. The van der Waals surface area contributed by atoms with Crippen molar-refractivity contribution in [3.8, 4) is 0 Å². The van der Waals surface area contributed by atoms with Crippen LogP contribution < -0.4 is 0 Å². The van der Waals surface area contributed by atoms with Gasteiger partial charge >= 0.3 is 0 Å². The van der Waals surface area contributed by atoms with Gasteiger partial charge in [-0.25, -0.2) is 8.78 Å². The van der Waals surface area contributed by atoms with Gasteiger partial charge in [0.25, 0.3) is 0 Å². The van der Waals surface area contributed by atoms with Gasteiger partial charge in [0.1, 0.15) is 11.6 Å². The van der Waals surface area contributed by atoms with Crippen molar-refractivity contribution in [2.75, 3.05) is 33.2 Å². The molecule has 144 valence electrons. The summed E-state index contributed by atoms with van der Waals surface area (Å²) in [5.41, 5.74) is 2.64. The Hall–Kier alpha value is -1.78. The molecule has 4 rings (SSSR count). The Morgan fingerprint density at radius 2 is 1.56 bits per heavy atom. The van der Waals surface area contributed by atoms with Crippen molar-refractivity contribution >= 4 is 0 Å². The molecule has 2 atom stereocenters. The lowest BCUT2D eigenvalue weighted by Gasteiger charge is -2.39. The third-order valence-electron chi connectivity index (χ3n) is 6.36. The number of benzene rings is 2. The van der Waals surface area contributed by atoms with Crippen molar-refractivity contribution in [3.63, 3.8) is 0 Å². The molecular weight excluding hydrogens is 342 g/mol. The van der Waals surface area contributed by atoms with E-state index in [1.54, 1.807) is 12.1 Å². The summed E-state index contributed by atoms with van der Waals surface area (Å²) >= 11 is 0. The number of hydrogen-bond donors (Lipinski definition) is 0. The van der Waals surface area contributed by atoms with Crippen LogP contribution in [-0.2, 0) is 6.42 Å². The van der Waals surface area contributed by atoms with Crippen molar-refractivity contribution in [2.24, 2.45) is 5.41 Å². The SMILES string of the molecule is CN1CCCC2(CCN(C(Cc3ccc(F)cc3)c3ccc(F)cc3)C2)C1. The highest BCUT2D eigenvalue weighted by Gasteiger charge is 2.42. The molecule has 0 bridgehead atoms. The van der Waals surface area contributed by atoms with E-state index in [2.05, 4.69) is 16.8 Å². The molecule has 2 aromatic carbocycles. The molecule has 1 spiro atoms. The van der Waals surface area contributed by atoms with Crippen LogP contribution >= 0.6 is 0 Å². The van der Waals surface area contributed by atoms with E-state index >= 15 is 0 Å². The van der Waals surface area contributed by atoms with Gasteiger partial charge in [0, 0.05) is 19.1 Å². The van der Waals surface area contributed by atoms with Gasteiger partial charge in [0.2, 0.25) is 0 Å². The van der Waals surface area contributed by atoms with Gasteiger partial charge in [0.05, 0.1) is 0 Å². The average Bonchev–Trinajstić information content (AvgIpc) is 3.05. The Morgan fingerprint density at radius 1 is 0.889 bits per heavy atom. The van der Waals surface area contributed by atoms with E-state index in [1.807, 2.05) is 24.3 Å². The first-order valence-corrected chi connectivity index (χ1v) is 9.96. The van der Waals surface area contributed by atoms with Crippen LogP contribution in [0.25, 0.3) is 0 Å². The van der Waals surface area contributed by atoms with Crippen molar-refractivity contribution in [1.82, 2.24) is 9.80 Å². The van der Waals surface area contributed by atoms with Crippen molar-refractivity contribution in [3.05, 3.63) is 71.3 Å². The monoisotopic (exact) mass is 370 g/mol. The summed E-state index contributed by atoms with van der Waals surface area (Å²) in [6.07, 6.45) is 4.60. The highest BCUT2D eigenvalue weighted by Crippen LogP contribution is 2.42. The Bertz CT molecular complexity index is 759. The number of halogens is 2. The Kier molecular flexibility index (Phi) is 5.29. The van der Waals surface area contributed by atoms with Crippen LogP contribution in [0.3, 0.4) is 0 Å². The molecule has 2 saturated heterocycles. The van der Waals surface area contributed by atoms with Gasteiger partial charge in [-0.05, 0) is 86.6 Å². The topological polar surface area (TPSA) is 6.48 Å². The van der Waals surface area contributed by atoms with Crippen LogP contribution in [-0.4, -0.2) is 43.0 Å². The van der Waals surface area contributed by atoms with Gasteiger partial charge in [-0.15, -0.1) is 0 Å². The lowest BCUT2D eigenvalue weighted by atomic mass is 9.79. The third-order valence-corrected chi connectivity index (χ3v) is 6.36. The smallest absolute Gasteiger partial charge is 0.123 e. The average molecular weight is 370 g/mol. The summed E-state index contributed by atoms with van der Waals surface area (Å²) < 4.78 is 26.8. The van der Waals surface area contributed by atoms with Crippen molar-refractivity contribution in [2.45, 2.75) is 31.7 Å². The van der Waals surface area contributed by atoms with Gasteiger partial charge in [0.15, 0.2) is 0 Å². The van der Waals surface area contributed by atoms with Crippen LogP contribution in [0.15, 0.2) is 48.5 Å². The van der Waals surface area contributed by atoms with E-state index in [0.717, 1.165) is 37.2 Å². The largest absolute Gasteiger partial charge is 0.306 e. The van der Waals surface area contributed by atoms with E-state index in [9.17, 15) is 8.78 Å². The van der Waals surface area contributed by atoms with E-state index in [1.165, 1.54) is 37.9 Å². The molecule has 2 nitrogen and oxygen atoms in total. The van der Waals surface area contributed by atoms with Crippen molar-refractivity contribution < 1.29 is 8.78 Å². The first kappa shape index (κ1) is 18.6. The summed E-state index contributed by atoms with van der Waals surface area (Å²) in [5.74, 6) is -0.409. The quantitative estimate of drug-likeness (QED) is 0.772. The van der Waals surface area contributed by atoms with Crippen LogP contribution in [0.1, 0.15) is 36.4 Å². The second kappa shape index (κ2) is 7.69. The Morgan fingerprint density at radius 3 is 2.22 bits per heavy atom. The maximum Gasteiger partial charge on any atom is 0.123 e. The molecule has 2 fully saturated rings. The van der Waals surface area contributed by atoms with E-state index < -0.39 is 0 Å². The number of hydrogen-bond acceptors (Lipinski definition) is 2. The zero-order valence-corrected chi connectivity index (χ0v) is 16.0. The van der Waals surface area contributed by atoms with Crippen LogP contribution in [0, 0.1) is 17.0 Å². The van der Waals surface area contributed by atoms with Gasteiger partial charge < -0.3 is 4.90 Å². The minimum atomic E-state index is -0.206. The van der Waals surface area contributed by atoms with E-state index in [0.29, 0.717) is 5.41 Å². The molecule has 0 amide bonds. The second-order valence-corrected chi connectivity index (χ2v) is 8.46. The fraction of sp³-hybridized carbons (Fsp3) is 0.478. The van der Waals surface area contributed by atoms with E-state index in [-0.39, 0.29) is 17.7 Å². The molecule has 2 unspecified atom stereocenters.